The first-order chi connectivity index (χ1) is 7.29. The number of rotatable bonds is 4. The Morgan fingerprint density at radius 2 is 1.53 bits per heavy atom. The fraction of sp³-hybridized carbons (Fsp3) is 0.333. The standard InChI is InChI=1S/C9H12NO4S2.Na/c1-2-7-15(11,12)8-5-3-4-6-9(8)16(10,13)14;/h3-6H,2,7H2,1H3,(H-,10,13,14);/q-1;+1. The molecule has 1 rings (SSSR count). The molecule has 0 unspecified atom stereocenters. The Kier molecular flexibility index (Phi) is 6.34. The molecule has 0 bridgehead atoms. The molecule has 0 fully saturated rings. The fourth-order valence-corrected chi connectivity index (χ4v) is 4.03. The second kappa shape index (κ2) is 6.31. The maximum Gasteiger partial charge on any atom is 1.00 e. The molecule has 0 atom stereocenters. The van der Waals surface area contributed by atoms with Gasteiger partial charge in [-0.3, -0.25) is 0 Å². The zero-order valence-corrected chi connectivity index (χ0v) is 13.3. The van der Waals surface area contributed by atoms with E-state index in [-0.39, 0.29) is 40.2 Å². The SMILES string of the molecule is CCCS(=O)(=O)c1ccccc1S([NH-])(=O)=O.[Na+]. The van der Waals surface area contributed by atoms with E-state index in [2.05, 4.69) is 0 Å². The number of hydrogen-bond donors (Lipinski definition) is 0. The van der Waals surface area contributed by atoms with Gasteiger partial charge in [-0.05, 0) is 18.6 Å². The number of hydrogen-bond acceptors (Lipinski definition) is 4. The summed E-state index contributed by atoms with van der Waals surface area (Å²) in [7, 11) is -7.89. The minimum atomic E-state index is -4.26. The van der Waals surface area contributed by atoms with Gasteiger partial charge in [-0.1, -0.05) is 19.1 Å². The molecule has 0 aliphatic rings. The molecule has 1 aromatic carbocycles. The van der Waals surface area contributed by atoms with E-state index in [0.717, 1.165) is 6.07 Å². The Hall–Kier alpha value is 0.0800. The summed E-state index contributed by atoms with van der Waals surface area (Å²) < 4.78 is 45.7. The second-order valence-corrected chi connectivity index (χ2v) is 6.79. The van der Waals surface area contributed by atoms with E-state index < -0.39 is 24.8 Å². The van der Waals surface area contributed by atoms with Crippen LogP contribution in [0.3, 0.4) is 0 Å². The van der Waals surface area contributed by atoms with Crippen molar-refractivity contribution in [3.63, 3.8) is 0 Å². The molecule has 0 saturated carbocycles. The third-order valence-electron chi connectivity index (χ3n) is 1.95. The van der Waals surface area contributed by atoms with Crippen LogP contribution in [0.5, 0.6) is 0 Å². The van der Waals surface area contributed by atoms with Gasteiger partial charge in [0.15, 0.2) is 9.84 Å². The summed E-state index contributed by atoms with van der Waals surface area (Å²) in [6, 6.07) is 5.18. The molecular formula is C9H12NNaO4S2. The quantitative estimate of drug-likeness (QED) is 0.637. The van der Waals surface area contributed by atoms with Crippen LogP contribution in [-0.2, 0) is 19.9 Å². The van der Waals surface area contributed by atoms with Crippen molar-refractivity contribution in [2.75, 3.05) is 5.75 Å². The Morgan fingerprint density at radius 1 is 1.06 bits per heavy atom. The maximum absolute atomic E-state index is 11.8. The summed E-state index contributed by atoms with van der Waals surface area (Å²) in [6.45, 7) is 1.69. The Morgan fingerprint density at radius 3 is 1.94 bits per heavy atom. The Labute approximate surface area is 124 Å². The van der Waals surface area contributed by atoms with Crippen molar-refractivity contribution in [2.45, 2.75) is 23.1 Å². The molecular weight excluding hydrogens is 273 g/mol. The van der Waals surface area contributed by atoms with Gasteiger partial charge in [0.05, 0.1) is 25.6 Å². The molecule has 0 saturated heterocycles. The van der Waals surface area contributed by atoms with Crippen LogP contribution in [0, 0.1) is 0 Å². The van der Waals surface area contributed by atoms with Crippen molar-refractivity contribution in [3.05, 3.63) is 29.4 Å². The predicted octanol–water partition coefficient (Wildman–Crippen LogP) is -1.38. The van der Waals surface area contributed by atoms with Crippen molar-refractivity contribution in [1.82, 2.24) is 0 Å². The summed E-state index contributed by atoms with van der Waals surface area (Å²) in [5.41, 5.74) is 0. The van der Waals surface area contributed by atoms with Crippen LogP contribution in [0.15, 0.2) is 34.1 Å². The van der Waals surface area contributed by atoms with E-state index in [1.54, 1.807) is 6.92 Å². The van der Waals surface area contributed by atoms with Crippen LogP contribution in [0.1, 0.15) is 13.3 Å². The summed E-state index contributed by atoms with van der Waals surface area (Å²) in [6.07, 6.45) is 0.398. The molecule has 17 heavy (non-hydrogen) atoms. The third-order valence-corrected chi connectivity index (χ3v) is 4.98. The maximum atomic E-state index is 11.8. The molecule has 90 valence electrons. The van der Waals surface area contributed by atoms with Crippen LogP contribution >= 0.6 is 0 Å². The molecule has 1 N–H and O–H groups in total. The molecule has 0 aliphatic carbocycles. The van der Waals surface area contributed by atoms with Crippen LogP contribution in [0.25, 0.3) is 5.14 Å². The van der Waals surface area contributed by atoms with Crippen molar-refractivity contribution < 1.29 is 46.4 Å². The summed E-state index contributed by atoms with van der Waals surface area (Å²) >= 11 is 0. The zero-order chi connectivity index (χ0) is 12.4. The average Bonchev–Trinajstić information content (AvgIpc) is 2.16. The van der Waals surface area contributed by atoms with Crippen LogP contribution in [0.2, 0.25) is 0 Å². The van der Waals surface area contributed by atoms with Gasteiger partial charge < -0.3 is 5.14 Å². The Balaban J connectivity index is 0.00000256. The predicted molar refractivity (Wildman–Crippen MR) is 60.3 cm³/mol. The molecule has 0 aromatic heterocycles. The number of benzene rings is 1. The van der Waals surface area contributed by atoms with E-state index in [0.29, 0.717) is 6.42 Å². The number of sulfone groups is 1. The molecule has 0 aliphatic heterocycles. The first-order valence-corrected chi connectivity index (χ1v) is 7.74. The number of sulfonamides is 1. The monoisotopic (exact) mass is 285 g/mol. The van der Waals surface area contributed by atoms with E-state index in [4.69, 9.17) is 5.14 Å². The minimum absolute atomic E-state index is 0. The van der Waals surface area contributed by atoms with E-state index in [1.165, 1.54) is 18.2 Å². The van der Waals surface area contributed by atoms with Crippen molar-refractivity contribution in [2.24, 2.45) is 0 Å². The molecule has 8 heteroatoms. The normalized spacial score (nSPS) is 11.9. The smallest absolute Gasteiger partial charge is 0.560 e. The molecule has 0 amide bonds. The second-order valence-electron chi connectivity index (χ2n) is 3.27. The molecule has 0 heterocycles. The Bertz CT molecular complexity index is 581. The van der Waals surface area contributed by atoms with Gasteiger partial charge in [-0.15, -0.1) is 0 Å². The molecule has 0 radical (unpaired) electrons. The molecule has 0 spiro atoms. The average molecular weight is 285 g/mol. The van der Waals surface area contributed by atoms with E-state index >= 15 is 0 Å². The largest absolute Gasteiger partial charge is 1.00 e. The van der Waals surface area contributed by atoms with Crippen LogP contribution in [0.4, 0.5) is 0 Å². The van der Waals surface area contributed by atoms with Gasteiger partial charge in [-0.25, -0.2) is 16.8 Å². The van der Waals surface area contributed by atoms with E-state index in [1.807, 2.05) is 0 Å². The summed E-state index contributed by atoms with van der Waals surface area (Å²) in [4.78, 5) is -0.740. The molecule has 5 nitrogen and oxygen atoms in total. The van der Waals surface area contributed by atoms with Crippen LogP contribution in [-0.4, -0.2) is 22.6 Å². The first-order valence-electron chi connectivity index (χ1n) is 4.60. The van der Waals surface area contributed by atoms with Gasteiger partial charge in [0, 0.05) is 0 Å². The zero-order valence-electron chi connectivity index (χ0n) is 9.67. The van der Waals surface area contributed by atoms with Gasteiger partial charge in [0.2, 0.25) is 0 Å². The van der Waals surface area contributed by atoms with Crippen molar-refractivity contribution in [3.8, 4) is 0 Å². The summed E-state index contributed by atoms with van der Waals surface area (Å²) in [5, 5.41) is 6.93. The third kappa shape index (κ3) is 4.35. The van der Waals surface area contributed by atoms with Gasteiger partial charge in [-0.2, -0.15) is 0 Å². The van der Waals surface area contributed by atoms with Gasteiger partial charge >= 0.3 is 29.6 Å². The van der Waals surface area contributed by atoms with Crippen molar-refractivity contribution in [1.29, 1.82) is 0 Å². The topological polar surface area (TPSA) is 92.1 Å². The van der Waals surface area contributed by atoms with Gasteiger partial charge in [0.25, 0.3) is 0 Å². The van der Waals surface area contributed by atoms with Gasteiger partial charge in [0.1, 0.15) is 0 Å². The summed E-state index contributed by atoms with van der Waals surface area (Å²) in [5.74, 6) is -0.125. The number of nitrogens with one attached hydrogen (secondary N) is 1. The van der Waals surface area contributed by atoms with Crippen LogP contribution < -0.4 is 29.6 Å². The molecule has 1 aromatic rings. The van der Waals surface area contributed by atoms with Crippen molar-refractivity contribution >= 4 is 19.9 Å². The minimum Gasteiger partial charge on any atom is -0.560 e. The fourth-order valence-electron chi connectivity index (χ4n) is 1.31. The van der Waals surface area contributed by atoms with E-state index in [9.17, 15) is 16.8 Å². The first kappa shape index (κ1) is 17.1.